The molecule has 1 amide bonds. The van der Waals surface area contributed by atoms with E-state index in [1.54, 1.807) is 18.2 Å². The average Bonchev–Trinajstić information content (AvgIpc) is 2.87. The van der Waals surface area contributed by atoms with Crippen LogP contribution in [-0.4, -0.2) is 26.4 Å². The number of amides is 1. The van der Waals surface area contributed by atoms with Crippen LogP contribution in [0.25, 0.3) is 0 Å². The Kier molecular flexibility index (Phi) is 6.10. The first-order valence-electron chi connectivity index (χ1n) is 6.82. The van der Waals surface area contributed by atoms with Gasteiger partial charge in [-0.25, -0.2) is 0 Å². The van der Waals surface area contributed by atoms with Crippen molar-refractivity contribution < 1.29 is 4.79 Å². The van der Waals surface area contributed by atoms with Gasteiger partial charge < -0.3 is 9.88 Å². The van der Waals surface area contributed by atoms with Crippen molar-refractivity contribution in [3.05, 3.63) is 46.2 Å². The highest BCUT2D eigenvalue weighted by Gasteiger charge is 2.14. The number of carbonyl (C=O) groups excluding carboxylic acids is 1. The summed E-state index contributed by atoms with van der Waals surface area (Å²) in [6.07, 6.45) is 1.76. The van der Waals surface area contributed by atoms with E-state index in [1.807, 2.05) is 18.4 Å². The molecule has 5 nitrogen and oxygen atoms in total. The summed E-state index contributed by atoms with van der Waals surface area (Å²) in [7, 11) is 0. The van der Waals surface area contributed by atoms with Crippen LogP contribution >= 0.6 is 35.0 Å². The maximum atomic E-state index is 12.2. The van der Waals surface area contributed by atoms with Gasteiger partial charge in [-0.2, -0.15) is 0 Å². The Morgan fingerprint density at radius 2 is 2.13 bits per heavy atom. The Hall–Kier alpha value is -1.50. The smallest absolute Gasteiger partial charge is 0.234 e. The van der Waals surface area contributed by atoms with E-state index in [9.17, 15) is 4.79 Å². The van der Waals surface area contributed by atoms with Gasteiger partial charge in [0, 0.05) is 6.54 Å². The van der Waals surface area contributed by atoms with Crippen LogP contribution in [-0.2, 0) is 11.3 Å². The van der Waals surface area contributed by atoms with Gasteiger partial charge in [0.2, 0.25) is 5.91 Å². The molecule has 0 atom stereocenters. The third-order valence-corrected chi connectivity index (χ3v) is 4.86. The fourth-order valence-electron chi connectivity index (χ4n) is 1.88. The highest BCUT2D eigenvalue weighted by Crippen LogP contribution is 2.33. The summed E-state index contributed by atoms with van der Waals surface area (Å²) in [5.74, 6) is 0.739. The zero-order valence-corrected chi connectivity index (χ0v) is 15.1. The van der Waals surface area contributed by atoms with Crippen LogP contribution in [0.4, 0.5) is 5.69 Å². The van der Waals surface area contributed by atoms with Gasteiger partial charge in [0.15, 0.2) is 5.16 Å². The van der Waals surface area contributed by atoms with Crippen LogP contribution < -0.4 is 5.32 Å². The number of carbonyl (C=O) groups is 1. The Labute approximate surface area is 149 Å². The lowest BCUT2D eigenvalue weighted by Crippen LogP contribution is -2.15. The molecule has 0 bridgehead atoms. The number of halogens is 2. The first-order valence-corrected chi connectivity index (χ1v) is 8.56. The van der Waals surface area contributed by atoms with Gasteiger partial charge in [0.25, 0.3) is 0 Å². The van der Waals surface area contributed by atoms with Gasteiger partial charge in [-0.1, -0.05) is 47.1 Å². The normalized spacial score (nSPS) is 10.6. The van der Waals surface area contributed by atoms with Gasteiger partial charge in [-0.05, 0) is 25.5 Å². The molecule has 0 spiro atoms. The average molecular weight is 371 g/mol. The molecule has 1 N–H and O–H groups in total. The molecule has 1 heterocycles. The van der Waals surface area contributed by atoms with Crippen molar-refractivity contribution in [3.8, 4) is 0 Å². The zero-order chi connectivity index (χ0) is 17.0. The van der Waals surface area contributed by atoms with Crippen LogP contribution in [0.5, 0.6) is 0 Å². The summed E-state index contributed by atoms with van der Waals surface area (Å²) in [5.41, 5.74) is 1.28. The van der Waals surface area contributed by atoms with E-state index in [0.29, 0.717) is 27.4 Å². The molecule has 8 heteroatoms. The lowest BCUT2D eigenvalue weighted by molar-refractivity contribution is -0.113. The summed E-state index contributed by atoms with van der Waals surface area (Å²) >= 11 is 13.6. The van der Waals surface area contributed by atoms with Crippen LogP contribution in [0.3, 0.4) is 0 Å². The lowest BCUT2D eigenvalue weighted by atomic mass is 10.2. The summed E-state index contributed by atoms with van der Waals surface area (Å²) < 4.78 is 1.89. The lowest BCUT2D eigenvalue weighted by Gasteiger charge is -2.11. The molecule has 0 aliphatic heterocycles. The Balaban J connectivity index is 2.04. The topological polar surface area (TPSA) is 59.8 Å². The van der Waals surface area contributed by atoms with Crippen LogP contribution in [0, 0.1) is 13.8 Å². The standard InChI is InChI=1S/C15H16Cl2N4OS/c1-4-7-21-10(3)19-20-15(21)23-8-12(22)18-14-11(16)6-5-9(2)13(14)17/h4-6H,1,7-8H2,2-3H3,(H,18,22). The highest BCUT2D eigenvalue weighted by atomic mass is 35.5. The fourth-order valence-corrected chi connectivity index (χ4v) is 3.14. The largest absolute Gasteiger partial charge is 0.323 e. The Morgan fingerprint density at radius 3 is 2.83 bits per heavy atom. The highest BCUT2D eigenvalue weighted by molar-refractivity contribution is 7.99. The van der Waals surface area contributed by atoms with Crippen LogP contribution in [0.2, 0.25) is 10.0 Å². The van der Waals surface area contributed by atoms with E-state index < -0.39 is 0 Å². The van der Waals surface area contributed by atoms with E-state index in [0.717, 1.165) is 11.4 Å². The Bertz CT molecular complexity index is 745. The number of aromatic nitrogens is 3. The quantitative estimate of drug-likeness (QED) is 0.613. The van der Waals surface area contributed by atoms with Crippen LogP contribution in [0.15, 0.2) is 29.9 Å². The number of allylic oxidation sites excluding steroid dienone is 1. The molecule has 0 aliphatic carbocycles. The summed E-state index contributed by atoms with van der Waals surface area (Å²) in [6, 6.07) is 3.51. The number of benzene rings is 1. The third-order valence-electron chi connectivity index (χ3n) is 3.09. The number of rotatable bonds is 6. The molecule has 1 aromatic heterocycles. The molecule has 0 radical (unpaired) electrons. The minimum absolute atomic E-state index is 0.176. The summed E-state index contributed by atoms with van der Waals surface area (Å²) in [6.45, 7) is 8.00. The van der Waals surface area contributed by atoms with Gasteiger partial charge in [-0.3, -0.25) is 4.79 Å². The number of nitrogens with one attached hydrogen (secondary N) is 1. The molecule has 23 heavy (non-hydrogen) atoms. The van der Waals surface area contributed by atoms with E-state index in [4.69, 9.17) is 23.2 Å². The number of hydrogen-bond donors (Lipinski definition) is 1. The molecule has 1 aromatic carbocycles. The second-order valence-electron chi connectivity index (χ2n) is 4.82. The van der Waals surface area contributed by atoms with Gasteiger partial charge in [-0.15, -0.1) is 16.8 Å². The molecule has 0 saturated heterocycles. The molecular formula is C15H16Cl2N4OS. The van der Waals surface area contributed by atoms with Crippen molar-refractivity contribution in [3.63, 3.8) is 0 Å². The maximum Gasteiger partial charge on any atom is 0.234 e. The molecule has 0 unspecified atom stereocenters. The van der Waals surface area contributed by atoms with Crippen molar-refractivity contribution in [2.75, 3.05) is 11.1 Å². The summed E-state index contributed by atoms with van der Waals surface area (Å²) in [4.78, 5) is 12.2. The molecule has 0 saturated carbocycles. The molecule has 122 valence electrons. The van der Waals surface area contributed by atoms with E-state index in [-0.39, 0.29) is 11.7 Å². The molecule has 0 aliphatic rings. The van der Waals surface area contributed by atoms with E-state index in [2.05, 4.69) is 22.1 Å². The third kappa shape index (κ3) is 4.28. The van der Waals surface area contributed by atoms with Crippen molar-refractivity contribution in [2.24, 2.45) is 0 Å². The Morgan fingerprint density at radius 1 is 1.39 bits per heavy atom. The van der Waals surface area contributed by atoms with Gasteiger partial charge in [0.05, 0.1) is 21.5 Å². The molecular weight excluding hydrogens is 355 g/mol. The minimum Gasteiger partial charge on any atom is -0.323 e. The van der Waals surface area contributed by atoms with Crippen LogP contribution in [0.1, 0.15) is 11.4 Å². The predicted octanol–water partition coefficient (Wildman–Crippen LogP) is 4.12. The minimum atomic E-state index is -0.213. The number of nitrogens with zero attached hydrogens (tertiary/aromatic N) is 3. The predicted molar refractivity (Wildman–Crippen MR) is 95.5 cm³/mol. The molecule has 0 fully saturated rings. The monoisotopic (exact) mass is 370 g/mol. The first-order chi connectivity index (χ1) is 10.9. The number of hydrogen-bond acceptors (Lipinski definition) is 4. The molecule has 2 aromatic rings. The van der Waals surface area contributed by atoms with Crippen molar-refractivity contribution in [2.45, 2.75) is 25.5 Å². The van der Waals surface area contributed by atoms with E-state index in [1.165, 1.54) is 11.8 Å². The first kappa shape index (κ1) is 17.8. The van der Waals surface area contributed by atoms with Crippen molar-refractivity contribution in [1.29, 1.82) is 0 Å². The fraction of sp³-hybridized carbons (Fsp3) is 0.267. The number of thioether (sulfide) groups is 1. The SMILES string of the molecule is C=CCn1c(C)nnc1SCC(=O)Nc1c(Cl)ccc(C)c1Cl. The number of aryl methyl sites for hydroxylation is 2. The second kappa shape index (κ2) is 7.86. The second-order valence-corrected chi connectivity index (χ2v) is 6.55. The van der Waals surface area contributed by atoms with Gasteiger partial charge >= 0.3 is 0 Å². The maximum absolute atomic E-state index is 12.2. The van der Waals surface area contributed by atoms with Gasteiger partial charge in [0.1, 0.15) is 5.82 Å². The summed E-state index contributed by atoms with van der Waals surface area (Å²) in [5, 5.41) is 12.3. The molecule has 2 rings (SSSR count). The van der Waals surface area contributed by atoms with Crippen molar-refractivity contribution >= 4 is 46.6 Å². The van der Waals surface area contributed by atoms with Crippen molar-refractivity contribution in [1.82, 2.24) is 14.8 Å². The zero-order valence-electron chi connectivity index (χ0n) is 12.8. The van der Waals surface area contributed by atoms with E-state index >= 15 is 0 Å². The number of anilines is 1.